The Morgan fingerprint density at radius 1 is 0.926 bits per heavy atom. The minimum absolute atomic E-state index is 0.292. The zero-order chi connectivity index (χ0) is 18.7. The fourth-order valence-electron chi connectivity index (χ4n) is 3.01. The van der Waals surface area contributed by atoms with Gasteiger partial charge >= 0.3 is 0 Å². The molecule has 1 aromatic heterocycles. The molecule has 2 aromatic carbocycles. The molecule has 0 aliphatic carbocycles. The average Bonchev–Trinajstić information content (AvgIpc) is 3.40. The third-order valence-electron chi connectivity index (χ3n) is 4.47. The van der Waals surface area contributed by atoms with Gasteiger partial charge in [0.05, 0.1) is 4.90 Å². The molecule has 0 unspecified atom stereocenters. The number of hydrogen-bond donors (Lipinski definition) is 0. The van der Waals surface area contributed by atoms with Crippen molar-refractivity contribution in [1.29, 1.82) is 0 Å². The quantitative estimate of drug-likeness (QED) is 0.674. The molecule has 2 heterocycles. The molecule has 1 fully saturated rings. The highest BCUT2D eigenvalue weighted by Gasteiger charge is 2.27. The lowest BCUT2D eigenvalue weighted by Gasteiger charge is -2.15. The van der Waals surface area contributed by atoms with Crippen LogP contribution in [-0.4, -0.2) is 36.0 Å². The SMILES string of the molecule is O=S(=O)(c1ccc(-c2noc(C=Cc3ccccc3)n2)cc1)N1CCCC1. The van der Waals surface area contributed by atoms with Gasteiger partial charge in [0.15, 0.2) is 0 Å². The van der Waals surface area contributed by atoms with Crippen LogP contribution in [-0.2, 0) is 10.0 Å². The Bertz CT molecular complexity index is 1040. The maximum absolute atomic E-state index is 12.6. The second-order valence-corrected chi connectivity index (χ2v) is 8.27. The first-order valence-electron chi connectivity index (χ1n) is 8.80. The van der Waals surface area contributed by atoms with E-state index in [1.54, 1.807) is 30.3 Å². The van der Waals surface area contributed by atoms with Gasteiger partial charge in [-0.15, -0.1) is 0 Å². The van der Waals surface area contributed by atoms with E-state index in [9.17, 15) is 8.42 Å². The van der Waals surface area contributed by atoms with E-state index in [1.807, 2.05) is 36.4 Å². The highest BCUT2D eigenvalue weighted by molar-refractivity contribution is 7.89. The number of rotatable bonds is 5. The molecule has 0 spiro atoms. The van der Waals surface area contributed by atoms with Gasteiger partial charge in [-0.3, -0.25) is 0 Å². The first kappa shape index (κ1) is 17.6. The molecule has 0 saturated carbocycles. The van der Waals surface area contributed by atoms with Crippen molar-refractivity contribution in [3.63, 3.8) is 0 Å². The monoisotopic (exact) mass is 381 g/mol. The minimum Gasteiger partial charge on any atom is -0.334 e. The van der Waals surface area contributed by atoms with E-state index >= 15 is 0 Å². The second-order valence-electron chi connectivity index (χ2n) is 6.34. The van der Waals surface area contributed by atoms with Crippen LogP contribution < -0.4 is 0 Å². The van der Waals surface area contributed by atoms with Crippen molar-refractivity contribution in [3.8, 4) is 11.4 Å². The summed E-state index contributed by atoms with van der Waals surface area (Å²) in [6, 6.07) is 16.4. The van der Waals surface area contributed by atoms with E-state index in [-0.39, 0.29) is 0 Å². The summed E-state index contributed by atoms with van der Waals surface area (Å²) in [5.74, 6) is 0.815. The van der Waals surface area contributed by atoms with E-state index < -0.39 is 10.0 Å². The highest BCUT2D eigenvalue weighted by Crippen LogP contribution is 2.24. The molecule has 0 radical (unpaired) electrons. The predicted octanol–water partition coefficient (Wildman–Crippen LogP) is 3.69. The largest absolute Gasteiger partial charge is 0.334 e. The third kappa shape index (κ3) is 3.84. The minimum atomic E-state index is -3.41. The van der Waals surface area contributed by atoms with E-state index in [1.165, 1.54) is 4.31 Å². The van der Waals surface area contributed by atoms with Gasteiger partial charge in [-0.05, 0) is 48.7 Å². The van der Waals surface area contributed by atoms with Crippen molar-refractivity contribution in [2.45, 2.75) is 17.7 Å². The lowest BCUT2D eigenvalue weighted by atomic mass is 10.2. The van der Waals surface area contributed by atoms with Gasteiger partial charge in [-0.2, -0.15) is 9.29 Å². The van der Waals surface area contributed by atoms with Crippen molar-refractivity contribution in [3.05, 3.63) is 66.1 Å². The van der Waals surface area contributed by atoms with Gasteiger partial charge in [-0.25, -0.2) is 8.42 Å². The fourth-order valence-corrected chi connectivity index (χ4v) is 4.52. The van der Waals surface area contributed by atoms with Crippen LogP contribution >= 0.6 is 0 Å². The Hall–Kier alpha value is -2.77. The van der Waals surface area contributed by atoms with Crippen molar-refractivity contribution >= 4 is 22.2 Å². The molecular formula is C20H19N3O3S. The second kappa shape index (κ2) is 7.46. The van der Waals surface area contributed by atoms with Crippen LogP contribution in [0.2, 0.25) is 0 Å². The van der Waals surface area contributed by atoms with Gasteiger partial charge < -0.3 is 4.52 Å². The molecule has 1 aliphatic heterocycles. The van der Waals surface area contributed by atoms with E-state index in [2.05, 4.69) is 10.1 Å². The molecule has 7 heteroatoms. The maximum Gasteiger partial charge on any atom is 0.250 e. The zero-order valence-electron chi connectivity index (χ0n) is 14.7. The van der Waals surface area contributed by atoms with Crippen LogP contribution in [0.5, 0.6) is 0 Å². The molecule has 138 valence electrons. The first-order chi connectivity index (χ1) is 13.1. The summed E-state index contributed by atoms with van der Waals surface area (Å²) in [5.41, 5.74) is 1.74. The molecule has 1 aliphatic rings. The van der Waals surface area contributed by atoms with E-state index in [0.29, 0.717) is 35.3 Å². The molecule has 3 aromatic rings. The zero-order valence-corrected chi connectivity index (χ0v) is 15.5. The van der Waals surface area contributed by atoms with Gasteiger partial charge in [0, 0.05) is 24.7 Å². The summed E-state index contributed by atoms with van der Waals surface area (Å²) in [7, 11) is -3.41. The molecule has 0 N–H and O–H groups in total. The molecule has 6 nitrogen and oxygen atoms in total. The lowest BCUT2D eigenvalue weighted by Crippen LogP contribution is -2.27. The molecule has 0 bridgehead atoms. The predicted molar refractivity (Wildman–Crippen MR) is 103 cm³/mol. The number of aromatic nitrogens is 2. The van der Waals surface area contributed by atoms with Crippen molar-refractivity contribution < 1.29 is 12.9 Å². The fraction of sp³-hybridized carbons (Fsp3) is 0.200. The Morgan fingerprint density at radius 3 is 2.33 bits per heavy atom. The first-order valence-corrected chi connectivity index (χ1v) is 10.2. The van der Waals surface area contributed by atoms with Crippen molar-refractivity contribution in [2.24, 2.45) is 0 Å². The summed E-state index contributed by atoms with van der Waals surface area (Å²) in [4.78, 5) is 4.63. The summed E-state index contributed by atoms with van der Waals surface area (Å²) in [6.45, 7) is 1.18. The third-order valence-corrected chi connectivity index (χ3v) is 6.39. The number of hydrogen-bond acceptors (Lipinski definition) is 5. The van der Waals surface area contributed by atoms with Gasteiger partial charge in [0.1, 0.15) is 0 Å². The maximum atomic E-state index is 12.6. The Morgan fingerprint density at radius 2 is 1.63 bits per heavy atom. The lowest BCUT2D eigenvalue weighted by molar-refractivity contribution is 0.411. The van der Waals surface area contributed by atoms with Crippen LogP contribution in [0.3, 0.4) is 0 Å². The van der Waals surface area contributed by atoms with Crippen molar-refractivity contribution in [1.82, 2.24) is 14.4 Å². The topological polar surface area (TPSA) is 76.3 Å². The van der Waals surface area contributed by atoms with Crippen LogP contribution in [0.1, 0.15) is 24.3 Å². The molecule has 1 saturated heterocycles. The summed E-state index contributed by atoms with van der Waals surface area (Å²) in [5, 5.41) is 3.97. The average molecular weight is 381 g/mol. The summed E-state index contributed by atoms with van der Waals surface area (Å²) < 4.78 is 31.9. The molecular weight excluding hydrogens is 362 g/mol. The van der Waals surface area contributed by atoms with E-state index in [4.69, 9.17) is 4.52 Å². The van der Waals surface area contributed by atoms with Gasteiger partial charge in [-0.1, -0.05) is 35.5 Å². The Balaban J connectivity index is 1.51. The van der Waals surface area contributed by atoms with Crippen molar-refractivity contribution in [2.75, 3.05) is 13.1 Å². The van der Waals surface area contributed by atoms with Crippen LogP contribution in [0.4, 0.5) is 0 Å². The van der Waals surface area contributed by atoms with Crippen LogP contribution in [0, 0.1) is 0 Å². The standard InChI is InChI=1S/C20H19N3O3S/c24-27(25,23-14-4-5-15-23)18-11-9-17(10-12-18)20-21-19(26-22-20)13-8-16-6-2-1-3-7-16/h1-3,6-13H,4-5,14-15H2. The normalized spacial score (nSPS) is 15.6. The van der Waals surface area contributed by atoms with Gasteiger partial charge in [0.2, 0.25) is 15.8 Å². The number of benzene rings is 2. The molecule has 0 atom stereocenters. The Kier molecular flexibility index (Phi) is 4.87. The Labute approximate surface area is 158 Å². The number of sulfonamides is 1. The molecule has 0 amide bonds. The summed E-state index contributed by atoms with van der Waals surface area (Å²) >= 11 is 0. The highest BCUT2D eigenvalue weighted by atomic mass is 32.2. The summed E-state index contributed by atoms with van der Waals surface area (Å²) in [6.07, 6.45) is 5.47. The number of nitrogens with zero attached hydrogens (tertiary/aromatic N) is 3. The molecule has 27 heavy (non-hydrogen) atoms. The van der Waals surface area contributed by atoms with Crippen LogP contribution in [0.25, 0.3) is 23.5 Å². The van der Waals surface area contributed by atoms with Gasteiger partial charge in [0.25, 0.3) is 5.89 Å². The van der Waals surface area contributed by atoms with E-state index in [0.717, 1.165) is 18.4 Å². The van der Waals surface area contributed by atoms with Crippen LogP contribution in [0.15, 0.2) is 64.0 Å². The smallest absolute Gasteiger partial charge is 0.250 e. The molecule has 4 rings (SSSR count).